The molecule has 5 rings (SSSR count). The van der Waals surface area contributed by atoms with E-state index in [4.69, 9.17) is 4.74 Å². The molecule has 7 heteroatoms. The van der Waals surface area contributed by atoms with Crippen molar-refractivity contribution < 1.29 is 23.1 Å². The highest BCUT2D eigenvalue weighted by Gasteiger charge is 2.66. The first-order chi connectivity index (χ1) is 18.8. The number of esters is 1. The molecular formula is C32H31NO5S. The topological polar surface area (TPSA) is 83.9 Å². The molecule has 0 amide bonds. The van der Waals surface area contributed by atoms with Crippen molar-refractivity contribution in [3.05, 3.63) is 138 Å². The smallest absolute Gasteiger partial charge is 0.327 e. The second kappa shape index (κ2) is 10.8. The molecule has 0 bridgehead atoms. The van der Waals surface area contributed by atoms with Crippen LogP contribution in [0.1, 0.15) is 41.1 Å². The summed E-state index contributed by atoms with van der Waals surface area (Å²) < 4.78 is 35.8. The van der Waals surface area contributed by atoms with Crippen molar-refractivity contribution in [2.45, 2.75) is 42.3 Å². The van der Waals surface area contributed by atoms with Gasteiger partial charge in [0, 0.05) is 5.92 Å². The van der Waals surface area contributed by atoms with E-state index < -0.39 is 39.6 Å². The van der Waals surface area contributed by atoms with E-state index in [9.17, 15) is 18.3 Å². The minimum absolute atomic E-state index is 0.0324. The van der Waals surface area contributed by atoms with Crippen LogP contribution in [-0.4, -0.2) is 36.4 Å². The second-order valence-electron chi connectivity index (χ2n) is 9.74. The number of ether oxygens (including phenoxy) is 1. The monoisotopic (exact) mass is 541 g/mol. The summed E-state index contributed by atoms with van der Waals surface area (Å²) in [6, 6.07) is 31.3. The Balaban J connectivity index is 1.87. The third kappa shape index (κ3) is 4.67. The third-order valence-electron chi connectivity index (χ3n) is 7.38. The standard InChI is InChI=1S/C32H31NO5S/c1-3-38-31(34)30-32(35,26-17-11-6-12-18-26)28(24-13-7-4-8-14-24)29(25-15-9-5-10-16-25)33(30)39(36,37)27-21-19-23(2)20-22-27/h4-22,28-30,35H,3H2,1-2H3. The Morgan fingerprint density at radius 3 is 1.87 bits per heavy atom. The van der Waals surface area contributed by atoms with Crippen molar-refractivity contribution in [1.82, 2.24) is 4.31 Å². The predicted octanol–water partition coefficient (Wildman–Crippen LogP) is 5.34. The van der Waals surface area contributed by atoms with E-state index in [0.717, 1.165) is 5.56 Å². The van der Waals surface area contributed by atoms with Gasteiger partial charge in [0.1, 0.15) is 5.60 Å². The molecule has 200 valence electrons. The lowest BCUT2D eigenvalue weighted by Crippen LogP contribution is -2.52. The number of hydrogen-bond donors (Lipinski definition) is 1. The Bertz CT molecular complexity index is 1530. The van der Waals surface area contributed by atoms with Gasteiger partial charge >= 0.3 is 5.97 Å². The van der Waals surface area contributed by atoms with Crippen LogP contribution >= 0.6 is 0 Å². The Hall–Kier alpha value is -3.78. The molecule has 39 heavy (non-hydrogen) atoms. The van der Waals surface area contributed by atoms with Crippen molar-refractivity contribution in [2.24, 2.45) is 0 Å². The number of carbonyl (C=O) groups is 1. The molecule has 1 saturated heterocycles. The van der Waals surface area contributed by atoms with Gasteiger partial charge in [-0.05, 0) is 42.7 Å². The zero-order chi connectivity index (χ0) is 27.6. The summed E-state index contributed by atoms with van der Waals surface area (Å²) >= 11 is 0. The summed E-state index contributed by atoms with van der Waals surface area (Å²) in [5.74, 6) is -1.64. The minimum atomic E-state index is -4.31. The zero-order valence-electron chi connectivity index (χ0n) is 21.8. The highest BCUT2D eigenvalue weighted by atomic mass is 32.2. The van der Waals surface area contributed by atoms with Crippen LogP contribution in [0.4, 0.5) is 0 Å². The van der Waals surface area contributed by atoms with Crippen molar-refractivity contribution in [1.29, 1.82) is 0 Å². The lowest BCUT2D eigenvalue weighted by molar-refractivity contribution is -0.155. The third-order valence-corrected chi connectivity index (χ3v) is 9.24. The number of sulfonamides is 1. The number of aryl methyl sites for hydroxylation is 1. The molecular weight excluding hydrogens is 510 g/mol. The van der Waals surface area contributed by atoms with Gasteiger partial charge in [-0.25, -0.2) is 8.42 Å². The molecule has 4 unspecified atom stereocenters. The molecule has 4 atom stereocenters. The second-order valence-corrected chi connectivity index (χ2v) is 11.6. The lowest BCUT2D eigenvalue weighted by Gasteiger charge is -2.35. The van der Waals surface area contributed by atoms with Crippen LogP contribution in [0.3, 0.4) is 0 Å². The number of hydrogen-bond acceptors (Lipinski definition) is 5. The molecule has 0 radical (unpaired) electrons. The lowest BCUT2D eigenvalue weighted by atomic mass is 9.72. The Morgan fingerprint density at radius 2 is 1.33 bits per heavy atom. The van der Waals surface area contributed by atoms with Crippen molar-refractivity contribution in [3.8, 4) is 0 Å². The van der Waals surface area contributed by atoms with Gasteiger partial charge in [0.15, 0.2) is 6.04 Å². The summed E-state index contributed by atoms with van der Waals surface area (Å²) in [7, 11) is -4.31. The van der Waals surface area contributed by atoms with E-state index >= 15 is 0 Å². The van der Waals surface area contributed by atoms with Crippen LogP contribution in [0.15, 0.2) is 120 Å². The first-order valence-corrected chi connectivity index (χ1v) is 14.4. The van der Waals surface area contributed by atoms with Gasteiger partial charge < -0.3 is 9.84 Å². The van der Waals surface area contributed by atoms with Crippen molar-refractivity contribution >= 4 is 16.0 Å². The SMILES string of the molecule is CCOC(=O)C1N(S(=O)(=O)c2ccc(C)cc2)C(c2ccccc2)C(c2ccccc2)C1(O)c1ccccc1. The van der Waals surface area contributed by atoms with E-state index in [1.54, 1.807) is 43.3 Å². The fourth-order valence-electron chi connectivity index (χ4n) is 5.67. The normalized spacial score (nSPS) is 23.4. The number of aliphatic hydroxyl groups is 1. The summed E-state index contributed by atoms with van der Waals surface area (Å²) in [6.07, 6.45) is 0. The van der Waals surface area contributed by atoms with Gasteiger partial charge in [-0.15, -0.1) is 0 Å². The summed E-state index contributed by atoms with van der Waals surface area (Å²) in [5, 5.41) is 12.9. The van der Waals surface area contributed by atoms with E-state index in [2.05, 4.69) is 0 Å². The first kappa shape index (κ1) is 26.8. The van der Waals surface area contributed by atoms with Crippen LogP contribution in [0.5, 0.6) is 0 Å². The fraction of sp³-hybridized carbons (Fsp3) is 0.219. The van der Waals surface area contributed by atoms with E-state index in [1.807, 2.05) is 73.7 Å². The maximum Gasteiger partial charge on any atom is 0.327 e. The molecule has 1 heterocycles. The average Bonchev–Trinajstić information content (AvgIpc) is 3.26. The number of carbonyl (C=O) groups excluding carboxylic acids is 1. The quantitative estimate of drug-likeness (QED) is 0.319. The van der Waals surface area contributed by atoms with Gasteiger partial charge in [0.05, 0.1) is 17.5 Å². The number of rotatable bonds is 7. The zero-order valence-corrected chi connectivity index (χ0v) is 22.7. The highest BCUT2D eigenvalue weighted by Crippen LogP contribution is 2.59. The Morgan fingerprint density at radius 1 is 0.821 bits per heavy atom. The Kier molecular flexibility index (Phi) is 7.40. The van der Waals surface area contributed by atoms with Crippen molar-refractivity contribution in [2.75, 3.05) is 6.61 Å². The van der Waals surface area contributed by atoms with Gasteiger partial charge in [-0.2, -0.15) is 4.31 Å². The highest BCUT2D eigenvalue weighted by molar-refractivity contribution is 7.89. The van der Waals surface area contributed by atoms with Crippen LogP contribution in [0.2, 0.25) is 0 Å². The van der Waals surface area contributed by atoms with Crippen LogP contribution in [0, 0.1) is 6.92 Å². The van der Waals surface area contributed by atoms with Gasteiger partial charge in [0.2, 0.25) is 10.0 Å². The minimum Gasteiger partial charge on any atom is -0.465 e. The van der Waals surface area contributed by atoms with Crippen LogP contribution < -0.4 is 0 Å². The maximum absolute atomic E-state index is 14.6. The molecule has 0 aliphatic carbocycles. The molecule has 1 fully saturated rings. The first-order valence-electron chi connectivity index (χ1n) is 12.9. The van der Waals surface area contributed by atoms with Crippen LogP contribution in [0.25, 0.3) is 0 Å². The van der Waals surface area contributed by atoms with Crippen LogP contribution in [-0.2, 0) is 25.2 Å². The maximum atomic E-state index is 14.6. The fourth-order valence-corrected chi connectivity index (χ4v) is 7.46. The van der Waals surface area contributed by atoms with E-state index in [0.29, 0.717) is 16.7 Å². The molecule has 1 aliphatic rings. The molecule has 1 N–H and O–H groups in total. The average molecular weight is 542 g/mol. The van der Waals surface area contributed by atoms with E-state index in [-0.39, 0.29) is 11.5 Å². The molecule has 4 aromatic rings. The molecule has 0 spiro atoms. The van der Waals surface area contributed by atoms with Gasteiger partial charge in [-0.3, -0.25) is 4.79 Å². The molecule has 0 aromatic heterocycles. The molecule has 4 aromatic carbocycles. The number of nitrogens with zero attached hydrogens (tertiary/aromatic N) is 1. The van der Waals surface area contributed by atoms with E-state index in [1.165, 1.54) is 16.4 Å². The summed E-state index contributed by atoms with van der Waals surface area (Å²) in [4.78, 5) is 13.9. The molecule has 0 saturated carbocycles. The number of benzene rings is 4. The molecule has 1 aliphatic heterocycles. The van der Waals surface area contributed by atoms with Crippen molar-refractivity contribution in [3.63, 3.8) is 0 Å². The largest absolute Gasteiger partial charge is 0.465 e. The summed E-state index contributed by atoms with van der Waals surface area (Å²) in [6.45, 7) is 3.57. The summed E-state index contributed by atoms with van der Waals surface area (Å²) in [5.41, 5.74) is 0.740. The van der Waals surface area contributed by atoms with Gasteiger partial charge in [0.25, 0.3) is 0 Å². The molecule has 6 nitrogen and oxygen atoms in total. The predicted molar refractivity (Wildman–Crippen MR) is 149 cm³/mol. The van der Waals surface area contributed by atoms with Gasteiger partial charge in [-0.1, -0.05) is 109 Å². The Labute approximate surface area is 229 Å².